The van der Waals surface area contributed by atoms with E-state index in [0.29, 0.717) is 0 Å². The molecule has 0 fully saturated rings. The fraction of sp³-hybridized carbons (Fsp3) is 0.0781. The Hall–Kier alpha value is -17.1. The van der Waals surface area contributed by atoms with Crippen molar-refractivity contribution in [2.75, 3.05) is 14.7 Å². The van der Waals surface area contributed by atoms with E-state index in [1.54, 1.807) is 0 Å². The van der Waals surface area contributed by atoms with Gasteiger partial charge < -0.3 is 42.1 Å². The van der Waals surface area contributed by atoms with E-state index in [4.69, 9.17) is 0 Å². The Bertz CT molecular complexity index is 8640. The van der Waals surface area contributed by atoms with Crippen molar-refractivity contribution in [2.45, 2.75) is 66.2 Å². The van der Waals surface area contributed by atoms with Crippen molar-refractivity contribution >= 4 is 160 Å². The molecule has 0 aliphatic rings. The number of aryl methyl sites for hydroxylation is 2. The Morgan fingerprint density at radius 3 is 0.730 bits per heavy atom. The first-order valence-electron chi connectivity index (χ1n) is 47.4. The summed E-state index contributed by atoms with van der Waals surface area (Å²) in [5, 5.41) is 13.6. The van der Waals surface area contributed by atoms with Crippen molar-refractivity contribution in [1.29, 1.82) is 0 Å². The Morgan fingerprint density at radius 1 is 0.175 bits per heavy atom. The van der Waals surface area contributed by atoms with Gasteiger partial charge in [-0.2, -0.15) is 0 Å². The summed E-state index contributed by atoms with van der Waals surface area (Å²) in [6.07, 6.45) is 6.57. The molecule has 6 aromatic heterocycles. The molecule has 0 radical (unpaired) electrons. The number of fused-ring (bicyclic) bond motifs is 16. The summed E-state index contributed by atoms with van der Waals surface area (Å²) in [5.74, 6) is 0. The van der Waals surface area contributed by atoms with Gasteiger partial charge in [0.25, 0.3) is 0 Å². The van der Waals surface area contributed by atoms with Crippen LogP contribution in [-0.4, -0.2) is 27.4 Å². The maximum Gasteiger partial charge on any atom is 0.0635 e. The van der Waals surface area contributed by atoms with Crippen LogP contribution in [0.3, 0.4) is 0 Å². The van der Waals surface area contributed by atoms with Crippen LogP contribution in [0.15, 0.2) is 480 Å². The average Bonchev–Trinajstić information content (AvgIpc) is 1.60. The molecule has 0 atom stereocenters. The molecular weight excluding hydrogens is 1660 g/mol. The highest BCUT2D eigenvalue weighted by Crippen LogP contribution is 2.49. The molecule has 6 heterocycles. The van der Waals surface area contributed by atoms with Crippen LogP contribution in [0.2, 0.25) is 0 Å². The fourth-order valence-corrected chi connectivity index (χ4v) is 20.4. The van der Waals surface area contributed by atoms with E-state index >= 15 is 0 Å². The molecule has 0 saturated heterocycles. The minimum Gasteiger partial charge on any atom is -0.316 e. The lowest BCUT2D eigenvalue weighted by Gasteiger charge is -2.28. The van der Waals surface area contributed by atoms with Crippen molar-refractivity contribution in [2.24, 2.45) is 0 Å². The van der Waals surface area contributed by atoms with Crippen LogP contribution in [0.5, 0.6) is 0 Å². The molecule has 0 amide bonds. The van der Waals surface area contributed by atoms with Gasteiger partial charge in [0, 0.05) is 152 Å². The van der Waals surface area contributed by atoms with Crippen molar-refractivity contribution in [3.05, 3.63) is 502 Å². The number of rotatable bonds is 15. The zero-order valence-electron chi connectivity index (χ0n) is 78.1. The number of anilines is 9. The van der Waals surface area contributed by atoms with Crippen LogP contribution in [0.25, 0.3) is 143 Å². The monoisotopic (exact) mass is 1770 g/mol. The maximum atomic E-state index is 2.44. The summed E-state index contributed by atoms with van der Waals surface area (Å²) in [5.41, 5.74) is 33.3. The second kappa shape index (κ2) is 34.8. The highest BCUT2D eigenvalue weighted by Gasteiger charge is 2.27. The molecule has 25 aromatic rings. The molecule has 9 nitrogen and oxygen atoms in total. The first kappa shape index (κ1) is 84.1. The van der Waals surface area contributed by atoms with E-state index < -0.39 is 0 Å². The molecule has 25 rings (SSSR count). The minimum atomic E-state index is 0.0840. The molecule has 0 aliphatic carbocycles. The highest BCUT2D eigenvalue weighted by molar-refractivity contribution is 6.22. The molecule has 0 saturated carbocycles. The minimum absolute atomic E-state index is 0.0840. The summed E-state index contributed by atoms with van der Waals surface area (Å²) in [7, 11) is 0. The van der Waals surface area contributed by atoms with E-state index in [1.165, 1.54) is 131 Å². The Labute approximate surface area is 799 Å². The van der Waals surface area contributed by atoms with E-state index in [2.05, 4.69) is 577 Å². The summed E-state index contributed by atoms with van der Waals surface area (Å²) < 4.78 is 14.1. The number of para-hydroxylation sites is 7. The average molecular weight is 1770 g/mol. The number of hydrogen-bond acceptors (Lipinski definition) is 3. The third-order valence-electron chi connectivity index (χ3n) is 27.2. The smallest absolute Gasteiger partial charge is 0.0635 e. The summed E-state index contributed by atoms with van der Waals surface area (Å²) >= 11 is 0. The largest absolute Gasteiger partial charge is 0.316 e. The predicted octanol–water partition coefficient (Wildman–Crippen LogP) is 35.0. The molecule has 0 N–H and O–H groups in total. The normalized spacial score (nSPS) is 11.8. The van der Waals surface area contributed by atoms with Crippen LogP contribution in [-0.2, 0) is 10.8 Å². The first-order valence-corrected chi connectivity index (χ1v) is 47.4. The van der Waals surface area contributed by atoms with Crippen LogP contribution in [0.1, 0.15) is 63.8 Å². The SMILES string of the molecule is CC(C)(C)c1ccc(N(c2ccc(C(C)(C)C)cc2)c2ccc3c(c2)c2ccc4c(ccn4-c4ccccc4)c2n3-c2ccccc2)cc1.Cc1ccc(N(c2ccc(C)cc2)c2ccc3c(c2)c2ccc4c(ccn4-c4ccccc4)c2n3-c2ccccc2)cc1.c1ccc(N(c2ccc3ccccc3c2)c2ccc3c(c2)c2ccc4c(ccn4-c4ccccc4)c2n3-c2ccccc2)cc1. The van der Waals surface area contributed by atoms with Crippen molar-refractivity contribution in [3.8, 4) is 34.1 Å². The molecule has 660 valence electrons. The summed E-state index contributed by atoms with van der Waals surface area (Å²) in [6.45, 7) is 17.9. The molecule has 0 aliphatic heterocycles. The number of hydrogen-bond donors (Lipinski definition) is 0. The second-order valence-corrected chi connectivity index (χ2v) is 38.0. The van der Waals surface area contributed by atoms with Gasteiger partial charge in [0.2, 0.25) is 0 Å². The van der Waals surface area contributed by atoms with Crippen molar-refractivity contribution in [1.82, 2.24) is 27.4 Å². The third-order valence-corrected chi connectivity index (χ3v) is 27.2. The molecule has 19 aromatic carbocycles. The molecule has 0 bridgehead atoms. The zero-order chi connectivity index (χ0) is 92.6. The predicted molar refractivity (Wildman–Crippen MR) is 581 cm³/mol. The Morgan fingerprint density at radius 2 is 0.416 bits per heavy atom. The number of benzene rings is 19. The first-order chi connectivity index (χ1) is 67.1. The molecule has 137 heavy (non-hydrogen) atoms. The molecular formula is C128H103N9. The maximum absolute atomic E-state index is 2.44. The Kier molecular flexibility index (Phi) is 21.4. The fourth-order valence-electron chi connectivity index (χ4n) is 20.4. The highest BCUT2D eigenvalue weighted by atomic mass is 15.2. The lowest BCUT2D eigenvalue weighted by atomic mass is 9.86. The van der Waals surface area contributed by atoms with E-state index in [0.717, 1.165) is 85.3 Å². The van der Waals surface area contributed by atoms with Gasteiger partial charge in [-0.25, -0.2) is 0 Å². The number of aromatic nitrogens is 6. The molecule has 0 spiro atoms. The number of nitrogens with zero attached hydrogens (tertiary/aromatic N) is 9. The summed E-state index contributed by atoms with van der Waals surface area (Å²) in [6, 6.07) is 167. The van der Waals surface area contributed by atoms with Crippen LogP contribution in [0, 0.1) is 13.8 Å². The topological polar surface area (TPSA) is 39.3 Å². The summed E-state index contributed by atoms with van der Waals surface area (Å²) in [4.78, 5) is 7.12. The standard InChI is InChI=1S/C46H43N3.C42H29N3.C40H31N3/c1-45(2,3)32-17-21-36(22-18-32)48(37-23-19-33(20-24-37)46(4,5)6)38-25-27-43-41(31-38)39-26-28-42-40(29-30-47(42)34-13-9-7-10-14-34)44(39)49(43)35-15-11-8-12-16-35;1-4-14-32(15-5-1)43-27-26-38-40(43)25-23-37-39-29-36(22-24-41(39)45(42(37)38)34-18-8-3-9-19-34)44(33-16-6-2-7-17-33)35-21-20-30-12-10-11-13-31(30)28-35;1-28-13-17-32(18-14-28)42(33-19-15-29(2)16-20-33)34-21-23-39-37(27-34)35-22-24-38-36(25-26-41(38)30-9-5-3-6-10-30)40(35)43(39)31-11-7-4-8-12-31/h7-31H,1-6H3;1-29H;3-27H,1-2H3. The van der Waals surface area contributed by atoms with Gasteiger partial charge in [-0.3, -0.25) is 0 Å². The van der Waals surface area contributed by atoms with Gasteiger partial charge in [0.1, 0.15) is 0 Å². The lowest BCUT2D eigenvalue weighted by Crippen LogP contribution is -2.14. The van der Waals surface area contributed by atoms with Gasteiger partial charge in [0.15, 0.2) is 0 Å². The molecule has 0 unspecified atom stereocenters. The van der Waals surface area contributed by atoms with Crippen LogP contribution in [0.4, 0.5) is 51.2 Å². The van der Waals surface area contributed by atoms with Gasteiger partial charge in [-0.15, -0.1) is 0 Å². The van der Waals surface area contributed by atoms with Crippen molar-refractivity contribution < 1.29 is 0 Å². The molecule has 9 heteroatoms. The lowest BCUT2D eigenvalue weighted by molar-refractivity contribution is 0.590. The van der Waals surface area contributed by atoms with E-state index in [9.17, 15) is 0 Å². The van der Waals surface area contributed by atoms with Gasteiger partial charge in [-0.1, -0.05) is 277 Å². The van der Waals surface area contributed by atoms with Crippen LogP contribution < -0.4 is 14.7 Å². The van der Waals surface area contributed by atoms with Gasteiger partial charge >= 0.3 is 0 Å². The van der Waals surface area contributed by atoms with E-state index in [1.807, 2.05) is 0 Å². The second-order valence-electron chi connectivity index (χ2n) is 38.0. The zero-order valence-corrected chi connectivity index (χ0v) is 78.1. The van der Waals surface area contributed by atoms with Crippen LogP contribution >= 0.6 is 0 Å². The quantitative estimate of drug-likeness (QED) is 0.103. The van der Waals surface area contributed by atoms with Crippen molar-refractivity contribution in [3.63, 3.8) is 0 Å². The van der Waals surface area contributed by atoms with Gasteiger partial charge in [0.05, 0.1) is 49.7 Å². The van der Waals surface area contributed by atoms with E-state index in [-0.39, 0.29) is 10.8 Å². The van der Waals surface area contributed by atoms with Gasteiger partial charge in [-0.05, 0) is 283 Å². The Balaban J connectivity index is 0.000000116. The third kappa shape index (κ3) is 15.5.